The van der Waals surface area contributed by atoms with Crippen molar-refractivity contribution < 1.29 is 22.7 Å². The minimum absolute atomic E-state index is 0.00516. The van der Waals surface area contributed by atoms with Gasteiger partial charge in [0, 0.05) is 23.2 Å². The topological polar surface area (TPSA) is 120 Å². The maximum atomic E-state index is 12.2. The van der Waals surface area contributed by atoms with E-state index in [1.54, 1.807) is 18.3 Å². The number of anilines is 1. The van der Waals surface area contributed by atoms with Crippen LogP contribution < -0.4 is 20.1 Å². The molecule has 12 heteroatoms. The van der Waals surface area contributed by atoms with Crippen molar-refractivity contribution in [2.24, 2.45) is 0 Å². The van der Waals surface area contributed by atoms with Crippen molar-refractivity contribution in [3.8, 4) is 22.6 Å². The molecule has 36 heavy (non-hydrogen) atoms. The van der Waals surface area contributed by atoms with E-state index in [1.807, 2.05) is 12.1 Å². The van der Waals surface area contributed by atoms with Gasteiger partial charge in [-0.05, 0) is 30.2 Å². The Morgan fingerprint density at radius 3 is 2.47 bits per heavy atom. The number of hydrogen-bond acceptors (Lipinski definition) is 8. The highest BCUT2D eigenvalue weighted by Gasteiger charge is 2.34. The summed E-state index contributed by atoms with van der Waals surface area (Å²) in [4.78, 5) is 20.7. The maximum absolute atomic E-state index is 12.2. The molecule has 1 aromatic heterocycles. The van der Waals surface area contributed by atoms with E-state index in [9.17, 15) is 13.2 Å². The summed E-state index contributed by atoms with van der Waals surface area (Å²) in [6.45, 7) is 3.45. The lowest BCUT2D eigenvalue weighted by Gasteiger charge is -2.32. The number of halogens is 2. The fourth-order valence-corrected chi connectivity index (χ4v) is 6.46. The summed E-state index contributed by atoms with van der Waals surface area (Å²) in [5.41, 5.74) is 1.88. The second-order valence-corrected chi connectivity index (χ2v) is 11.2. The number of ether oxygens (including phenoxy) is 2. The highest BCUT2D eigenvalue weighted by atomic mass is 35.5. The van der Waals surface area contributed by atoms with Gasteiger partial charge in [-0.3, -0.25) is 4.79 Å². The number of fused-ring (bicyclic) bond motifs is 1. The van der Waals surface area contributed by atoms with Crippen molar-refractivity contribution in [2.45, 2.75) is 18.5 Å². The van der Waals surface area contributed by atoms with Crippen molar-refractivity contribution in [3.63, 3.8) is 0 Å². The molecule has 1 aliphatic rings. The van der Waals surface area contributed by atoms with E-state index in [0.717, 1.165) is 6.08 Å². The third-order valence-corrected chi connectivity index (χ3v) is 8.40. The molecule has 0 spiro atoms. The van der Waals surface area contributed by atoms with Gasteiger partial charge >= 0.3 is 0 Å². The summed E-state index contributed by atoms with van der Waals surface area (Å²) in [6.07, 6.45) is 3.05. The Morgan fingerprint density at radius 2 is 1.83 bits per heavy atom. The van der Waals surface area contributed by atoms with Gasteiger partial charge in [0.05, 0.1) is 53.4 Å². The number of rotatable bonds is 7. The molecule has 1 amide bonds. The van der Waals surface area contributed by atoms with Crippen LogP contribution in [0.1, 0.15) is 6.42 Å². The quantitative estimate of drug-likeness (QED) is 0.425. The number of benzene rings is 2. The Labute approximate surface area is 218 Å². The Balaban J connectivity index is 1.66. The van der Waals surface area contributed by atoms with Gasteiger partial charge in [0.15, 0.2) is 9.84 Å². The molecule has 1 aliphatic heterocycles. The van der Waals surface area contributed by atoms with Gasteiger partial charge in [-0.15, -0.1) is 0 Å². The van der Waals surface area contributed by atoms with Crippen LogP contribution in [0.4, 0.5) is 5.95 Å². The first-order chi connectivity index (χ1) is 17.2. The molecule has 4 rings (SSSR count). The zero-order valence-electron chi connectivity index (χ0n) is 19.5. The third-order valence-electron chi connectivity index (χ3n) is 5.93. The molecule has 0 saturated carbocycles. The highest BCUT2D eigenvalue weighted by Crippen LogP contribution is 2.46. The summed E-state index contributed by atoms with van der Waals surface area (Å²) in [5, 5.41) is 7.25. The number of methoxy groups -OCH3 is 2. The average molecular weight is 551 g/mol. The van der Waals surface area contributed by atoms with Crippen LogP contribution in [0.15, 0.2) is 43.1 Å². The Kier molecular flexibility index (Phi) is 7.58. The van der Waals surface area contributed by atoms with Gasteiger partial charge in [0.25, 0.3) is 0 Å². The second-order valence-electron chi connectivity index (χ2n) is 8.22. The van der Waals surface area contributed by atoms with Crippen molar-refractivity contribution in [1.29, 1.82) is 0 Å². The number of amides is 1. The van der Waals surface area contributed by atoms with Gasteiger partial charge in [-0.25, -0.2) is 18.4 Å². The number of aromatic nitrogens is 2. The molecule has 2 atom stereocenters. The largest absolute Gasteiger partial charge is 0.495 e. The van der Waals surface area contributed by atoms with E-state index < -0.39 is 21.9 Å². The van der Waals surface area contributed by atoms with Crippen molar-refractivity contribution in [3.05, 3.63) is 53.2 Å². The first kappa shape index (κ1) is 26.0. The molecule has 2 heterocycles. The SMILES string of the molecule is C=CC(=O)N[C@H]1CCS(=O)(=O)C[C@H]1Nc1ncc2cc(-c3c(Cl)c(OC)cc(OC)c3Cl)ccc2n1. The molecule has 190 valence electrons. The second kappa shape index (κ2) is 10.5. The fraction of sp³-hybridized carbons (Fsp3) is 0.292. The van der Waals surface area contributed by atoms with Crippen molar-refractivity contribution in [1.82, 2.24) is 15.3 Å². The smallest absolute Gasteiger partial charge is 0.243 e. The fourth-order valence-electron chi connectivity index (χ4n) is 4.10. The van der Waals surface area contributed by atoms with E-state index in [0.29, 0.717) is 43.6 Å². The molecule has 2 N–H and O–H groups in total. The zero-order valence-corrected chi connectivity index (χ0v) is 21.9. The number of hydrogen-bond donors (Lipinski definition) is 2. The Hall–Kier alpha value is -3.08. The number of nitrogens with zero attached hydrogens (tertiary/aromatic N) is 2. The monoisotopic (exact) mass is 550 g/mol. The zero-order chi connectivity index (χ0) is 26.0. The maximum Gasteiger partial charge on any atom is 0.243 e. The molecule has 1 saturated heterocycles. The van der Waals surface area contributed by atoms with Gasteiger partial charge < -0.3 is 20.1 Å². The lowest BCUT2D eigenvalue weighted by atomic mass is 10.0. The Morgan fingerprint density at radius 1 is 1.14 bits per heavy atom. The van der Waals surface area contributed by atoms with E-state index in [1.165, 1.54) is 14.2 Å². The van der Waals surface area contributed by atoms with Gasteiger partial charge in [0.2, 0.25) is 11.9 Å². The van der Waals surface area contributed by atoms with Crippen LogP contribution in [0.25, 0.3) is 22.0 Å². The van der Waals surface area contributed by atoms with Gasteiger partial charge in [-0.1, -0.05) is 35.8 Å². The van der Waals surface area contributed by atoms with E-state index in [2.05, 4.69) is 27.2 Å². The van der Waals surface area contributed by atoms with Crippen LogP contribution in [0, 0.1) is 0 Å². The summed E-state index contributed by atoms with van der Waals surface area (Å²) >= 11 is 13.1. The summed E-state index contributed by atoms with van der Waals surface area (Å²) in [5.74, 6) is 0.561. The van der Waals surface area contributed by atoms with Crippen LogP contribution in [0.3, 0.4) is 0 Å². The van der Waals surface area contributed by atoms with Crippen molar-refractivity contribution in [2.75, 3.05) is 31.0 Å². The Bertz CT molecular complexity index is 1420. The normalized spacial score (nSPS) is 18.9. The third kappa shape index (κ3) is 5.35. The molecule has 0 aliphatic carbocycles. The first-order valence-corrected chi connectivity index (χ1v) is 13.5. The molecule has 0 bridgehead atoms. The molecule has 2 aromatic carbocycles. The van der Waals surface area contributed by atoms with Gasteiger partial charge in [-0.2, -0.15) is 0 Å². The summed E-state index contributed by atoms with van der Waals surface area (Å²) < 4.78 is 35.2. The first-order valence-electron chi connectivity index (χ1n) is 10.9. The van der Waals surface area contributed by atoms with Crippen LogP contribution in [-0.4, -0.2) is 62.1 Å². The molecule has 1 fully saturated rings. The van der Waals surface area contributed by atoms with Crippen LogP contribution in [0.2, 0.25) is 10.0 Å². The minimum Gasteiger partial charge on any atom is -0.495 e. The molecular weight excluding hydrogens is 527 g/mol. The number of carbonyl (C=O) groups excluding carboxylic acids is 1. The molecule has 9 nitrogen and oxygen atoms in total. The number of nitrogens with one attached hydrogen (secondary N) is 2. The lowest BCUT2D eigenvalue weighted by molar-refractivity contribution is -0.117. The van der Waals surface area contributed by atoms with Crippen LogP contribution in [-0.2, 0) is 14.6 Å². The molecular formula is C24H24Cl2N4O5S. The van der Waals surface area contributed by atoms with E-state index >= 15 is 0 Å². The molecule has 0 unspecified atom stereocenters. The average Bonchev–Trinajstić information content (AvgIpc) is 2.85. The van der Waals surface area contributed by atoms with Crippen LogP contribution >= 0.6 is 23.2 Å². The predicted molar refractivity (Wildman–Crippen MR) is 141 cm³/mol. The standard InChI is InChI=1S/C24H24Cl2N4O5S/c1-4-20(31)28-16-7-8-36(32,33)12-17(16)30-24-27-11-14-9-13(5-6-15(14)29-24)21-22(25)18(34-2)10-19(35-3)23(21)26/h4-6,9-11,16-17H,1,7-8,12H2,2-3H3,(H,28,31)(H,27,29,30)/t16-,17+/m0/s1. The van der Waals surface area contributed by atoms with Gasteiger partial charge in [0.1, 0.15) is 11.5 Å². The van der Waals surface area contributed by atoms with Crippen molar-refractivity contribution >= 4 is 55.8 Å². The lowest BCUT2D eigenvalue weighted by Crippen LogP contribution is -2.53. The molecule has 3 aromatic rings. The van der Waals surface area contributed by atoms with Crippen LogP contribution in [0.5, 0.6) is 11.5 Å². The summed E-state index contributed by atoms with van der Waals surface area (Å²) in [7, 11) is -0.255. The minimum atomic E-state index is -3.27. The molecule has 0 radical (unpaired) electrons. The predicted octanol–water partition coefficient (Wildman–Crippen LogP) is 3.89. The number of sulfone groups is 1. The van der Waals surface area contributed by atoms with E-state index in [-0.39, 0.29) is 29.8 Å². The summed E-state index contributed by atoms with van der Waals surface area (Å²) in [6, 6.07) is 6.04. The number of carbonyl (C=O) groups is 1. The van der Waals surface area contributed by atoms with E-state index in [4.69, 9.17) is 32.7 Å². The highest BCUT2D eigenvalue weighted by molar-refractivity contribution is 7.91.